The third-order valence-electron chi connectivity index (χ3n) is 4.80. The zero-order valence-electron chi connectivity index (χ0n) is 15.6. The SMILES string of the molecule is C=C(C)C(=O)Oc1c(Br)cc(C(C)(CC)c2cc(Br)c(C)c(Br)c2)cc1Br. The Hall–Kier alpha value is -0.430. The summed E-state index contributed by atoms with van der Waals surface area (Å²) in [6.45, 7) is 11.7. The molecular formula is C21H20Br4O2. The van der Waals surface area contributed by atoms with Crippen LogP contribution in [0.4, 0.5) is 0 Å². The Labute approximate surface area is 194 Å². The molecule has 0 saturated carbocycles. The van der Waals surface area contributed by atoms with Gasteiger partial charge in [0.2, 0.25) is 0 Å². The number of carbonyl (C=O) groups is 1. The molecule has 0 aliphatic rings. The van der Waals surface area contributed by atoms with Crippen LogP contribution in [-0.4, -0.2) is 5.97 Å². The van der Waals surface area contributed by atoms with Crippen molar-refractivity contribution in [1.29, 1.82) is 0 Å². The Balaban J connectivity index is 2.58. The van der Waals surface area contributed by atoms with Gasteiger partial charge in [0.25, 0.3) is 0 Å². The molecular weight excluding hydrogens is 604 g/mol. The summed E-state index contributed by atoms with van der Waals surface area (Å²) in [6.07, 6.45) is 0.902. The van der Waals surface area contributed by atoms with Crippen molar-refractivity contribution in [1.82, 2.24) is 0 Å². The highest BCUT2D eigenvalue weighted by molar-refractivity contribution is 9.11. The predicted molar refractivity (Wildman–Crippen MR) is 126 cm³/mol. The van der Waals surface area contributed by atoms with Gasteiger partial charge in [0.15, 0.2) is 5.75 Å². The highest BCUT2D eigenvalue weighted by atomic mass is 79.9. The van der Waals surface area contributed by atoms with Crippen LogP contribution in [0, 0.1) is 6.92 Å². The number of hydrogen-bond donors (Lipinski definition) is 0. The van der Waals surface area contributed by atoms with Gasteiger partial charge in [0.1, 0.15) is 0 Å². The molecule has 27 heavy (non-hydrogen) atoms. The molecule has 2 aromatic rings. The van der Waals surface area contributed by atoms with Crippen LogP contribution in [0.15, 0.2) is 54.3 Å². The molecule has 0 N–H and O–H groups in total. The largest absolute Gasteiger partial charge is 0.421 e. The molecule has 0 fully saturated rings. The summed E-state index contributed by atoms with van der Waals surface area (Å²) in [5, 5.41) is 0. The Morgan fingerprint density at radius 1 is 1.00 bits per heavy atom. The first-order valence-corrected chi connectivity index (χ1v) is 11.5. The third-order valence-corrected chi connectivity index (χ3v) is 7.63. The lowest BCUT2D eigenvalue weighted by Crippen LogP contribution is -2.23. The summed E-state index contributed by atoms with van der Waals surface area (Å²) in [6, 6.07) is 8.36. The van der Waals surface area contributed by atoms with Crippen molar-refractivity contribution in [2.24, 2.45) is 0 Å². The number of rotatable bonds is 5. The topological polar surface area (TPSA) is 26.3 Å². The highest BCUT2D eigenvalue weighted by Crippen LogP contribution is 2.44. The smallest absolute Gasteiger partial charge is 0.338 e. The van der Waals surface area contributed by atoms with Gasteiger partial charge in [-0.2, -0.15) is 0 Å². The molecule has 1 unspecified atom stereocenters. The van der Waals surface area contributed by atoms with Gasteiger partial charge in [-0.1, -0.05) is 52.3 Å². The van der Waals surface area contributed by atoms with Crippen LogP contribution in [0.3, 0.4) is 0 Å². The van der Waals surface area contributed by atoms with Crippen LogP contribution in [0.5, 0.6) is 5.75 Å². The molecule has 1 atom stereocenters. The Bertz CT molecular complexity index is 874. The van der Waals surface area contributed by atoms with Crippen molar-refractivity contribution in [3.05, 3.63) is 71.0 Å². The molecule has 0 radical (unpaired) electrons. The molecule has 144 valence electrons. The van der Waals surface area contributed by atoms with Crippen molar-refractivity contribution in [3.63, 3.8) is 0 Å². The maximum atomic E-state index is 11.9. The van der Waals surface area contributed by atoms with E-state index >= 15 is 0 Å². The highest BCUT2D eigenvalue weighted by Gasteiger charge is 2.30. The quantitative estimate of drug-likeness (QED) is 0.191. The molecule has 0 saturated heterocycles. The minimum atomic E-state index is -0.450. The minimum Gasteiger partial charge on any atom is -0.421 e. The molecule has 6 heteroatoms. The molecule has 0 aliphatic heterocycles. The monoisotopic (exact) mass is 620 g/mol. The zero-order chi connectivity index (χ0) is 20.5. The Morgan fingerprint density at radius 3 is 1.78 bits per heavy atom. The first kappa shape index (κ1) is 22.9. The van der Waals surface area contributed by atoms with E-state index in [9.17, 15) is 4.79 Å². The second kappa shape index (κ2) is 8.93. The Kier molecular flexibility index (Phi) is 7.56. The number of esters is 1. The Morgan fingerprint density at radius 2 is 1.41 bits per heavy atom. The summed E-state index contributed by atoms with van der Waals surface area (Å²) in [4.78, 5) is 11.9. The summed E-state index contributed by atoms with van der Waals surface area (Å²) in [5.41, 5.74) is 3.61. The van der Waals surface area contributed by atoms with Gasteiger partial charge in [0.05, 0.1) is 8.95 Å². The van der Waals surface area contributed by atoms with Gasteiger partial charge in [-0.25, -0.2) is 4.79 Å². The van der Waals surface area contributed by atoms with Crippen LogP contribution in [0.25, 0.3) is 0 Å². The molecule has 0 amide bonds. The molecule has 0 aromatic heterocycles. The van der Waals surface area contributed by atoms with Gasteiger partial charge in [-0.15, -0.1) is 0 Å². The second-order valence-electron chi connectivity index (χ2n) is 6.69. The molecule has 0 heterocycles. The predicted octanol–water partition coefficient (Wildman–Crippen LogP) is 8.24. The lowest BCUT2D eigenvalue weighted by Gasteiger charge is -2.31. The molecule has 2 rings (SSSR count). The third kappa shape index (κ3) is 4.77. The lowest BCUT2D eigenvalue weighted by atomic mass is 9.74. The molecule has 0 bridgehead atoms. The standard InChI is InChI=1S/C21H20Br4O2/c1-6-21(5,13-7-15(22)12(4)16(23)8-13)14-9-17(24)19(18(25)10-14)27-20(26)11(2)3/h7-10H,2,6H2,1,3-5H3. The van der Waals surface area contributed by atoms with Crippen molar-refractivity contribution in [2.75, 3.05) is 0 Å². The maximum absolute atomic E-state index is 11.9. The fourth-order valence-corrected chi connectivity index (χ4v) is 5.23. The first-order chi connectivity index (χ1) is 12.5. The van der Waals surface area contributed by atoms with E-state index in [4.69, 9.17) is 4.74 Å². The van der Waals surface area contributed by atoms with Gasteiger partial charge < -0.3 is 4.74 Å². The van der Waals surface area contributed by atoms with Crippen LogP contribution >= 0.6 is 63.7 Å². The fraction of sp³-hybridized carbons (Fsp3) is 0.286. The van der Waals surface area contributed by atoms with Crippen molar-refractivity contribution in [3.8, 4) is 5.75 Å². The number of carbonyl (C=O) groups excluding carboxylic acids is 1. The zero-order valence-corrected chi connectivity index (χ0v) is 21.9. The molecule has 0 spiro atoms. The molecule has 2 aromatic carbocycles. The van der Waals surface area contributed by atoms with Gasteiger partial charge >= 0.3 is 5.97 Å². The summed E-state index contributed by atoms with van der Waals surface area (Å²) < 4.78 is 9.01. The van der Waals surface area contributed by atoms with E-state index < -0.39 is 5.97 Å². The molecule has 2 nitrogen and oxygen atoms in total. The summed E-state index contributed by atoms with van der Waals surface area (Å²) >= 11 is 14.4. The van der Waals surface area contributed by atoms with Gasteiger partial charge in [0, 0.05) is 19.9 Å². The van der Waals surface area contributed by atoms with E-state index in [1.165, 1.54) is 11.1 Å². The van der Waals surface area contributed by atoms with E-state index in [1.807, 2.05) is 12.1 Å². The summed E-state index contributed by atoms with van der Waals surface area (Å²) in [7, 11) is 0. The summed E-state index contributed by atoms with van der Waals surface area (Å²) in [5.74, 6) is 0.00488. The average Bonchev–Trinajstić information content (AvgIpc) is 2.60. The van der Waals surface area contributed by atoms with E-state index in [0.717, 1.165) is 20.9 Å². The van der Waals surface area contributed by atoms with E-state index in [0.29, 0.717) is 20.3 Å². The number of halogens is 4. The van der Waals surface area contributed by atoms with Crippen LogP contribution in [0.2, 0.25) is 0 Å². The fourth-order valence-electron chi connectivity index (χ4n) is 2.69. The van der Waals surface area contributed by atoms with Crippen LogP contribution in [0.1, 0.15) is 43.9 Å². The van der Waals surface area contributed by atoms with Crippen molar-refractivity contribution >= 4 is 69.7 Å². The van der Waals surface area contributed by atoms with Gasteiger partial charge in [-0.3, -0.25) is 0 Å². The van der Waals surface area contributed by atoms with Crippen LogP contribution in [-0.2, 0) is 10.2 Å². The average molecular weight is 624 g/mol. The number of ether oxygens (including phenoxy) is 1. The normalized spacial score (nSPS) is 13.2. The van der Waals surface area contributed by atoms with Crippen molar-refractivity contribution in [2.45, 2.75) is 39.5 Å². The van der Waals surface area contributed by atoms with E-state index in [2.05, 4.69) is 103 Å². The second-order valence-corrected chi connectivity index (χ2v) is 10.1. The van der Waals surface area contributed by atoms with Gasteiger partial charge in [-0.05, 0) is 93.1 Å². The minimum absolute atomic E-state index is 0.222. The number of hydrogen-bond acceptors (Lipinski definition) is 2. The van der Waals surface area contributed by atoms with Crippen molar-refractivity contribution < 1.29 is 9.53 Å². The maximum Gasteiger partial charge on any atom is 0.338 e. The lowest BCUT2D eigenvalue weighted by molar-refractivity contribution is -0.130. The van der Waals surface area contributed by atoms with Crippen LogP contribution < -0.4 is 4.74 Å². The van der Waals surface area contributed by atoms with E-state index in [1.54, 1.807) is 6.92 Å². The van der Waals surface area contributed by atoms with E-state index in [-0.39, 0.29) is 5.41 Å². The number of benzene rings is 2. The molecule has 0 aliphatic carbocycles. The first-order valence-electron chi connectivity index (χ1n) is 8.34.